The van der Waals surface area contributed by atoms with Gasteiger partial charge in [-0.3, -0.25) is 9.69 Å². The molecule has 1 aromatic heterocycles. The Kier molecular flexibility index (Phi) is 4.40. The summed E-state index contributed by atoms with van der Waals surface area (Å²) >= 11 is 0. The highest BCUT2D eigenvalue weighted by Crippen LogP contribution is 2.28. The zero-order chi connectivity index (χ0) is 15.7. The number of hydrogen-bond donors (Lipinski definition) is 0. The summed E-state index contributed by atoms with van der Waals surface area (Å²) in [5.41, 5.74) is 1.43. The highest BCUT2D eigenvalue weighted by atomic mass is 16.2. The number of carbonyl (C=O) groups is 1. The van der Waals surface area contributed by atoms with E-state index in [2.05, 4.69) is 33.9 Å². The molecule has 0 spiro atoms. The average Bonchev–Trinajstić information content (AvgIpc) is 2.93. The van der Waals surface area contributed by atoms with Gasteiger partial charge in [0.05, 0.1) is 6.04 Å². The first-order valence-electron chi connectivity index (χ1n) is 8.08. The van der Waals surface area contributed by atoms with E-state index in [9.17, 15) is 4.79 Å². The molecule has 0 aliphatic carbocycles. The van der Waals surface area contributed by atoms with Crippen molar-refractivity contribution in [2.75, 3.05) is 46.8 Å². The molecule has 6 heteroatoms. The SMILES string of the molecule is Cc1cc(C(=O)N2CCN(C)CC2)nc([C@H]2CCCN2C)n1. The van der Waals surface area contributed by atoms with Gasteiger partial charge in [-0.25, -0.2) is 9.97 Å². The summed E-state index contributed by atoms with van der Waals surface area (Å²) in [5.74, 6) is 0.845. The first kappa shape index (κ1) is 15.4. The van der Waals surface area contributed by atoms with Crippen molar-refractivity contribution in [2.45, 2.75) is 25.8 Å². The second kappa shape index (κ2) is 6.30. The fourth-order valence-electron chi connectivity index (χ4n) is 3.26. The molecule has 2 aliphatic heterocycles. The van der Waals surface area contributed by atoms with Crippen molar-refractivity contribution < 1.29 is 4.79 Å². The van der Waals surface area contributed by atoms with E-state index in [0.717, 1.165) is 50.7 Å². The van der Waals surface area contributed by atoms with Crippen LogP contribution in [0.5, 0.6) is 0 Å². The fourth-order valence-corrected chi connectivity index (χ4v) is 3.26. The molecule has 2 fully saturated rings. The summed E-state index contributed by atoms with van der Waals surface area (Å²) in [6, 6.07) is 2.07. The zero-order valence-electron chi connectivity index (χ0n) is 13.7. The predicted octanol–water partition coefficient (Wildman–Crippen LogP) is 0.939. The third kappa shape index (κ3) is 3.13. The van der Waals surface area contributed by atoms with E-state index >= 15 is 0 Å². The van der Waals surface area contributed by atoms with Gasteiger partial charge in [0, 0.05) is 31.9 Å². The molecule has 1 atom stereocenters. The Bertz CT molecular complexity index is 553. The van der Waals surface area contributed by atoms with Crippen molar-refractivity contribution in [3.8, 4) is 0 Å². The zero-order valence-corrected chi connectivity index (χ0v) is 13.7. The third-order valence-corrected chi connectivity index (χ3v) is 4.70. The topological polar surface area (TPSA) is 52.6 Å². The summed E-state index contributed by atoms with van der Waals surface area (Å²) in [5, 5.41) is 0. The van der Waals surface area contributed by atoms with Crippen molar-refractivity contribution in [3.05, 3.63) is 23.3 Å². The van der Waals surface area contributed by atoms with Gasteiger partial charge in [-0.05, 0) is 46.5 Å². The van der Waals surface area contributed by atoms with Gasteiger partial charge < -0.3 is 9.80 Å². The van der Waals surface area contributed by atoms with Crippen LogP contribution in [0.4, 0.5) is 0 Å². The van der Waals surface area contributed by atoms with E-state index in [1.807, 2.05) is 17.9 Å². The largest absolute Gasteiger partial charge is 0.335 e. The molecule has 2 aliphatic rings. The van der Waals surface area contributed by atoms with Gasteiger partial charge in [-0.15, -0.1) is 0 Å². The van der Waals surface area contributed by atoms with E-state index in [1.54, 1.807) is 0 Å². The van der Waals surface area contributed by atoms with Crippen molar-refractivity contribution in [1.29, 1.82) is 0 Å². The van der Waals surface area contributed by atoms with Crippen LogP contribution in [0.1, 0.15) is 40.9 Å². The normalized spacial score (nSPS) is 24.0. The molecule has 0 unspecified atom stereocenters. The summed E-state index contributed by atoms with van der Waals surface area (Å²) in [6.45, 7) is 6.42. The highest BCUT2D eigenvalue weighted by molar-refractivity contribution is 5.92. The van der Waals surface area contributed by atoms with Crippen LogP contribution in [-0.4, -0.2) is 77.4 Å². The summed E-state index contributed by atoms with van der Waals surface area (Å²) in [6.07, 6.45) is 2.24. The number of aromatic nitrogens is 2. The van der Waals surface area contributed by atoms with Gasteiger partial charge in [0.25, 0.3) is 5.91 Å². The van der Waals surface area contributed by atoms with Gasteiger partial charge in [-0.2, -0.15) is 0 Å². The molecule has 1 amide bonds. The molecule has 0 aromatic carbocycles. The van der Waals surface area contributed by atoms with Gasteiger partial charge in [0.15, 0.2) is 0 Å². The fraction of sp³-hybridized carbons (Fsp3) is 0.688. The minimum Gasteiger partial charge on any atom is -0.335 e. The molecule has 2 saturated heterocycles. The van der Waals surface area contributed by atoms with E-state index in [1.165, 1.54) is 6.42 Å². The first-order valence-corrected chi connectivity index (χ1v) is 8.08. The molecule has 3 rings (SSSR count). The number of likely N-dealkylation sites (N-methyl/N-ethyl adjacent to an activating group) is 1. The maximum absolute atomic E-state index is 12.7. The summed E-state index contributed by atoms with van der Waals surface area (Å²) < 4.78 is 0. The van der Waals surface area contributed by atoms with Crippen molar-refractivity contribution in [3.63, 3.8) is 0 Å². The maximum Gasteiger partial charge on any atom is 0.272 e. The Labute approximate surface area is 132 Å². The molecular formula is C16H25N5O. The van der Waals surface area contributed by atoms with Gasteiger partial charge in [0.2, 0.25) is 0 Å². The average molecular weight is 303 g/mol. The maximum atomic E-state index is 12.7. The lowest BCUT2D eigenvalue weighted by atomic mass is 10.2. The monoisotopic (exact) mass is 303 g/mol. The number of likely N-dealkylation sites (tertiary alicyclic amines) is 1. The van der Waals surface area contributed by atoms with E-state index < -0.39 is 0 Å². The second-order valence-electron chi connectivity index (χ2n) is 6.49. The Morgan fingerprint density at radius 1 is 1.14 bits per heavy atom. The van der Waals surface area contributed by atoms with Crippen molar-refractivity contribution in [2.24, 2.45) is 0 Å². The van der Waals surface area contributed by atoms with Gasteiger partial charge in [0.1, 0.15) is 11.5 Å². The minimum atomic E-state index is 0.0421. The Balaban J connectivity index is 1.81. The number of piperazine rings is 1. The number of aryl methyl sites for hydroxylation is 1. The molecule has 0 N–H and O–H groups in total. The van der Waals surface area contributed by atoms with Crippen molar-refractivity contribution in [1.82, 2.24) is 24.7 Å². The molecule has 3 heterocycles. The molecule has 6 nitrogen and oxygen atoms in total. The third-order valence-electron chi connectivity index (χ3n) is 4.70. The molecule has 120 valence electrons. The number of rotatable bonds is 2. The standard InChI is InChI=1S/C16H25N5O/c1-12-11-13(16(22)21-9-7-19(2)8-10-21)18-15(17-12)14-5-4-6-20(14)3/h11,14H,4-10H2,1-3H3/t14-/m1/s1. The van der Waals surface area contributed by atoms with Crippen LogP contribution in [0.2, 0.25) is 0 Å². The molecule has 0 bridgehead atoms. The number of nitrogens with zero attached hydrogens (tertiary/aromatic N) is 5. The van der Waals surface area contributed by atoms with Crippen LogP contribution in [0.3, 0.4) is 0 Å². The number of carbonyl (C=O) groups excluding carboxylic acids is 1. The number of amides is 1. The van der Waals surface area contributed by atoms with E-state index in [-0.39, 0.29) is 11.9 Å². The Morgan fingerprint density at radius 3 is 2.50 bits per heavy atom. The van der Waals surface area contributed by atoms with Crippen LogP contribution >= 0.6 is 0 Å². The quantitative estimate of drug-likeness (QED) is 0.814. The molecule has 1 aromatic rings. The molecular weight excluding hydrogens is 278 g/mol. The Hall–Kier alpha value is -1.53. The Morgan fingerprint density at radius 2 is 1.86 bits per heavy atom. The smallest absolute Gasteiger partial charge is 0.272 e. The van der Waals surface area contributed by atoms with Crippen LogP contribution in [0, 0.1) is 6.92 Å². The predicted molar refractivity (Wildman–Crippen MR) is 84.8 cm³/mol. The lowest BCUT2D eigenvalue weighted by Gasteiger charge is -2.32. The van der Waals surface area contributed by atoms with Crippen LogP contribution in [0.25, 0.3) is 0 Å². The summed E-state index contributed by atoms with van der Waals surface area (Å²) in [7, 11) is 4.19. The van der Waals surface area contributed by atoms with Gasteiger partial charge >= 0.3 is 0 Å². The van der Waals surface area contributed by atoms with Crippen LogP contribution < -0.4 is 0 Å². The molecule has 0 radical (unpaired) electrons. The van der Waals surface area contributed by atoms with E-state index in [4.69, 9.17) is 0 Å². The van der Waals surface area contributed by atoms with Crippen LogP contribution in [0.15, 0.2) is 6.07 Å². The lowest BCUT2D eigenvalue weighted by Crippen LogP contribution is -2.47. The molecule has 22 heavy (non-hydrogen) atoms. The minimum absolute atomic E-state index is 0.0421. The van der Waals surface area contributed by atoms with Crippen molar-refractivity contribution >= 4 is 5.91 Å². The van der Waals surface area contributed by atoms with Crippen LogP contribution in [-0.2, 0) is 0 Å². The summed E-state index contributed by atoms with van der Waals surface area (Å²) in [4.78, 5) is 28.3. The highest BCUT2D eigenvalue weighted by Gasteiger charge is 2.27. The molecule has 0 saturated carbocycles. The van der Waals surface area contributed by atoms with Gasteiger partial charge in [-0.1, -0.05) is 0 Å². The number of hydrogen-bond acceptors (Lipinski definition) is 5. The lowest BCUT2D eigenvalue weighted by molar-refractivity contribution is 0.0657. The first-order chi connectivity index (χ1) is 10.5. The second-order valence-corrected chi connectivity index (χ2v) is 6.49. The van der Waals surface area contributed by atoms with E-state index in [0.29, 0.717) is 5.69 Å².